The van der Waals surface area contributed by atoms with Crippen LogP contribution < -0.4 is 3.82 Å². The first-order valence-corrected chi connectivity index (χ1v) is 9.65. The number of halogens is 1. The second-order valence-electron chi connectivity index (χ2n) is 5.97. The largest absolute Gasteiger partial charge is 0.383 e. The second kappa shape index (κ2) is 8.25. The topological polar surface area (TPSA) is 81.5 Å². The molecule has 2 aromatic carbocycles. The fourth-order valence-electron chi connectivity index (χ4n) is 2.37. The molecule has 0 aliphatic heterocycles. The zero-order valence-corrected chi connectivity index (χ0v) is 16.6. The van der Waals surface area contributed by atoms with Gasteiger partial charge in [0.05, 0.1) is 22.2 Å². The molecule has 0 aliphatic carbocycles. The minimum absolute atomic E-state index is 0.0664. The van der Waals surface area contributed by atoms with Gasteiger partial charge in [-0.05, 0) is 42.8 Å². The monoisotopic (exact) mass is 403 g/mol. The van der Waals surface area contributed by atoms with E-state index in [2.05, 4.69) is 0 Å². The molecule has 0 saturated carbocycles. The van der Waals surface area contributed by atoms with Crippen molar-refractivity contribution in [3.63, 3.8) is 0 Å². The summed E-state index contributed by atoms with van der Waals surface area (Å²) < 4.78 is 26.4. The third-order valence-corrected chi connectivity index (χ3v) is 5.82. The highest BCUT2D eigenvalue weighted by molar-refractivity contribution is 7.94. The molecule has 6 nitrogen and oxygen atoms in total. The minimum Gasteiger partial charge on any atom is -0.383 e. The average molecular weight is 404 g/mol. The van der Waals surface area contributed by atoms with Gasteiger partial charge in [-0.1, -0.05) is 18.2 Å². The average Bonchev–Trinajstić information content (AvgIpc) is 2.65. The Labute approximate surface area is 164 Å². The highest BCUT2D eigenvalue weighted by Gasteiger charge is 2.25. The zero-order chi connectivity index (χ0) is 20.2. The summed E-state index contributed by atoms with van der Waals surface area (Å²) in [5.74, 6) is -0.192. The Morgan fingerprint density at radius 3 is 2.41 bits per heavy atom. The van der Waals surface area contributed by atoms with E-state index in [1.807, 2.05) is 6.07 Å². The quantitative estimate of drug-likeness (QED) is 0.545. The lowest BCUT2D eigenvalue weighted by Gasteiger charge is -2.17. The molecule has 0 heterocycles. The number of ketones is 1. The van der Waals surface area contributed by atoms with E-state index in [1.54, 1.807) is 49.5 Å². The van der Waals surface area contributed by atoms with Crippen LogP contribution in [0.4, 0.5) is 5.69 Å². The third-order valence-electron chi connectivity index (χ3n) is 3.60. The number of carbonyl (C=O) groups excluding carboxylic acids is 1. The van der Waals surface area contributed by atoms with Crippen LogP contribution in [-0.2, 0) is 14.8 Å². The molecular weight excluding hydrogens is 386 g/mol. The number of hydrogen-bond donors (Lipinski definition) is 0. The van der Waals surface area contributed by atoms with Crippen LogP contribution >= 0.6 is 11.8 Å². The van der Waals surface area contributed by atoms with Crippen molar-refractivity contribution in [3.8, 4) is 6.07 Å². The van der Waals surface area contributed by atoms with Crippen molar-refractivity contribution >= 4 is 38.8 Å². The fourth-order valence-corrected chi connectivity index (χ4v) is 3.81. The van der Waals surface area contributed by atoms with E-state index in [0.29, 0.717) is 15.0 Å². The zero-order valence-electron chi connectivity index (χ0n) is 15.0. The Morgan fingerprint density at radius 1 is 1.15 bits per heavy atom. The molecule has 2 aromatic rings. The van der Waals surface area contributed by atoms with Gasteiger partial charge in [0, 0.05) is 37.6 Å². The van der Waals surface area contributed by atoms with Crippen molar-refractivity contribution < 1.29 is 13.2 Å². The Kier molecular flexibility index (Phi) is 6.26. The van der Waals surface area contributed by atoms with E-state index in [4.69, 9.17) is 17.0 Å². The van der Waals surface area contributed by atoms with Gasteiger partial charge in [-0.15, -0.1) is 0 Å². The minimum atomic E-state index is -4.09. The van der Waals surface area contributed by atoms with E-state index in [9.17, 15) is 13.2 Å². The lowest BCUT2D eigenvalue weighted by molar-refractivity contribution is -0.111. The summed E-state index contributed by atoms with van der Waals surface area (Å²) in [7, 11) is -0.550. The van der Waals surface area contributed by atoms with Crippen LogP contribution in [0.15, 0.2) is 59.6 Å². The lowest BCUT2D eigenvalue weighted by Crippen LogP contribution is -2.21. The van der Waals surface area contributed by atoms with E-state index >= 15 is 0 Å². The summed E-state index contributed by atoms with van der Waals surface area (Å²) >= 11 is 6.09. The van der Waals surface area contributed by atoms with Crippen molar-refractivity contribution in [2.75, 3.05) is 17.9 Å². The van der Waals surface area contributed by atoms with Gasteiger partial charge in [0.1, 0.15) is 0 Å². The highest BCUT2D eigenvalue weighted by Crippen LogP contribution is 2.28. The highest BCUT2D eigenvalue weighted by atomic mass is 35.5. The number of sulfonamides is 1. The first-order chi connectivity index (χ1) is 12.7. The number of allylic oxidation sites excluding steroid dienone is 1. The molecule has 8 heteroatoms. The Morgan fingerprint density at radius 2 is 1.81 bits per heavy atom. The van der Waals surface area contributed by atoms with Gasteiger partial charge in [-0.2, -0.15) is 17.5 Å². The van der Waals surface area contributed by atoms with Crippen LogP contribution in [0.3, 0.4) is 0 Å². The van der Waals surface area contributed by atoms with Crippen LogP contribution in [-0.4, -0.2) is 33.2 Å². The first-order valence-electron chi connectivity index (χ1n) is 7.87. The van der Waals surface area contributed by atoms with Crippen molar-refractivity contribution in [1.29, 1.82) is 5.26 Å². The van der Waals surface area contributed by atoms with Crippen molar-refractivity contribution in [1.82, 2.24) is 4.90 Å². The summed E-state index contributed by atoms with van der Waals surface area (Å²) in [6.07, 6.45) is 1.63. The SMILES string of the molecule is CC(=O)C(=CN(C)C)c1cccc(S(=O)(=O)N(Cl)c2cccc(C#N)c2)c1. The lowest BCUT2D eigenvalue weighted by atomic mass is 10.0. The number of carbonyl (C=O) groups is 1. The second-order valence-corrected chi connectivity index (χ2v) is 8.30. The molecule has 0 aliphatic rings. The normalized spacial score (nSPS) is 11.6. The van der Waals surface area contributed by atoms with Crippen molar-refractivity contribution in [2.45, 2.75) is 11.8 Å². The summed E-state index contributed by atoms with van der Waals surface area (Å²) in [4.78, 5) is 13.6. The standard InChI is InChI=1S/C19H18ClN3O3S/c1-14(24)19(13-22(2)3)16-7-5-9-18(11-16)27(25,26)23(20)17-8-4-6-15(10-17)12-21/h4-11,13H,1-3H3. The summed E-state index contributed by atoms with van der Waals surface area (Å²) in [6, 6.07) is 13.9. The van der Waals surface area contributed by atoms with Gasteiger partial charge in [-0.25, -0.2) is 0 Å². The molecule has 0 radical (unpaired) electrons. The number of nitrogens with zero attached hydrogens (tertiary/aromatic N) is 3. The molecular formula is C19H18ClN3O3S. The van der Waals surface area contributed by atoms with Crippen LogP contribution in [0.1, 0.15) is 18.1 Å². The van der Waals surface area contributed by atoms with Crippen LogP contribution in [0.2, 0.25) is 0 Å². The van der Waals surface area contributed by atoms with E-state index < -0.39 is 10.0 Å². The number of benzene rings is 2. The Balaban J connectivity index is 2.51. The van der Waals surface area contributed by atoms with Gasteiger partial charge in [-0.3, -0.25) is 4.79 Å². The van der Waals surface area contributed by atoms with Gasteiger partial charge in [0.25, 0.3) is 10.0 Å². The van der Waals surface area contributed by atoms with Gasteiger partial charge in [0.2, 0.25) is 0 Å². The van der Waals surface area contributed by atoms with Crippen LogP contribution in [0.5, 0.6) is 0 Å². The molecule has 0 N–H and O–H groups in total. The molecule has 2 rings (SSSR count). The molecule has 140 valence electrons. The molecule has 0 bridgehead atoms. The van der Waals surface area contributed by atoms with Gasteiger partial charge in [0.15, 0.2) is 5.78 Å². The molecule has 0 amide bonds. The molecule has 0 fully saturated rings. The fraction of sp³-hybridized carbons (Fsp3) is 0.158. The van der Waals surface area contributed by atoms with Crippen LogP contribution in [0.25, 0.3) is 5.57 Å². The molecule has 27 heavy (non-hydrogen) atoms. The number of anilines is 1. The number of Topliss-reactive ketones (excluding diaryl/α,β-unsaturated/α-hetero) is 1. The van der Waals surface area contributed by atoms with Crippen LogP contribution in [0, 0.1) is 11.3 Å². The maximum atomic E-state index is 12.9. The summed E-state index contributed by atoms with van der Waals surface area (Å²) in [6.45, 7) is 1.41. The summed E-state index contributed by atoms with van der Waals surface area (Å²) in [5.41, 5.74) is 1.28. The summed E-state index contributed by atoms with van der Waals surface area (Å²) in [5, 5.41) is 8.98. The van der Waals surface area contributed by atoms with E-state index in [0.717, 1.165) is 0 Å². The van der Waals surface area contributed by atoms with E-state index in [1.165, 1.54) is 31.2 Å². The Hall–Kier alpha value is -2.82. The number of nitriles is 1. The maximum absolute atomic E-state index is 12.9. The van der Waals surface area contributed by atoms with Crippen molar-refractivity contribution in [3.05, 3.63) is 65.9 Å². The number of hydrogen-bond acceptors (Lipinski definition) is 5. The third kappa shape index (κ3) is 4.67. The molecule has 0 atom stereocenters. The first kappa shape index (κ1) is 20.5. The molecule has 0 aromatic heterocycles. The molecule has 0 unspecified atom stereocenters. The predicted octanol–water partition coefficient (Wildman–Crippen LogP) is 3.40. The van der Waals surface area contributed by atoms with Gasteiger partial charge < -0.3 is 4.90 Å². The van der Waals surface area contributed by atoms with E-state index in [-0.39, 0.29) is 21.9 Å². The molecule has 0 spiro atoms. The molecule has 0 saturated heterocycles. The Bertz CT molecular complexity index is 1040. The maximum Gasteiger partial charge on any atom is 0.278 e. The number of rotatable bonds is 6. The predicted molar refractivity (Wildman–Crippen MR) is 105 cm³/mol. The smallest absolute Gasteiger partial charge is 0.278 e. The van der Waals surface area contributed by atoms with Crippen molar-refractivity contribution in [2.24, 2.45) is 0 Å². The van der Waals surface area contributed by atoms with Gasteiger partial charge >= 0.3 is 0 Å².